The highest BCUT2D eigenvalue weighted by Crippen LogP contribution is 2.31. The van der Waals surface area contributed by atoms with Crippen LogP contribution in [0.5, 0.6) is 0 Å². The highest BCUT2D eigenvalue weighted by Gasteiger charge is 2.31. The lowest BCUT2D eigenvalue weighted by Crippen LogP contribution is -2.37. The predicted octanol–water partition coefficient (Wildman–Crippen LogP) is 2.88. The fourth-order valence-corrected chi connectivity index (χ4v) is 4.72. The number of carbonyl (C=O) groups excluding carboxylic acids is 1. The van der Waals surface area contributed by atoms with Crippen molar-refractivity contribution >= 4 is 5.91 Å². The van der Waals surface area contributed by atoms with Crippen molar-refractivity contribution in [1.82, 2.24) is 20.2 Å². The molecular weight excluding hydrogens is 340 g/mol. The van der Waals surface area contributed by atoms with E-state index < -0.39 is 0 Å². The summed E-state index contributed by atoms with van der Waals surface area (Å²) in [6, 6.07) is 0.287. The van der Waals surface area contributed by atoms with E-state index in [9.17, 15) is 4.79 Å². The summed E-state index contributed by atoms with van der Waals surface area (Å²) in [7, 11) is 0. The van der Waals surface area contributed by atoms with E-state index in [0.29, 0.717) is 13.1 Å². The molecule has 1 saturated heterocycles. The van der Waals surface area contributed by atoms with E-state index in [1.807, 2.05) is 18.0 Å². The van der Waals surface area contributed by atoms with Gasteiger partial charge in [-0.05, 0) is 45.6 Å². The Hall–Kier alpha value is -2.21. The Balaban J connectivity index is 1.38. The fraction of sp³-hybridized carbons (Fsp3) is 0.571. The monoisotopic (exact) mass is 366 g/mol. The van der Waals surface area contributed by atoms with E-state index in [1.165, 1.54) is 6.42 Å². The smallest absolute Gasteiger partial charge is 0.257 e. The van der Waals surface area contributed by atoms with Crippen LogP contribution >= 0.6 is 0 Å². The lowest BCUT2D eigenvalue weighted by Gasteiger charge is -2.29. The second-order valence-electron chi connectivity index (χ2n) is 7.97. The minimum absolute atomic E-state index is 0.103. The maximum absolute atomic E-state index is 13.3. The largest absolute Gasteiger partial charge is 0.465 e. The molecule has 2 aromatic heterocycles. The van der Waals surface area contributed by atoms with Gasteiger partial charge < -0.3 is 14.6 Å². The number of aromatic nitrogens is 2. The first-order chi connectivity index (χ1) is 13.2. The maximum Gasteiger partial charge on any atom is 0.257 e. The fourth-order valence-electron chi connectivity index (χ4n) is 4.72. The van der Waals surface area contributed by atoms with Crippen LogP contribution in [0.4, 0.5) is 0 Å². The molecule has 0 bridgehead atoms. The van der Waals surface area contributed by atoms with Crippen LogP contribution in [-0.2, 0) is 25.8 Å². The topological polar surface area (TPSA) is 71.3 Å². The molecule has 0 saturated carbocycles. The van der Waals surface area contributed by atoms with Crippen molar-refractivity contribution in [2.24, 2.45) is 0 Å². The SMILES string of the molecule is Cc1oc2c(c1C(=O)N1CCc3nc([C@H]4CCCN4)ncc3C1)CCCC2. The molecule has 1 atom stereocenters. The summed E-state index contributed by atoms with van der Waals surface area (Å²) in [6.07, 6.45) is 9.21. The number of nitrogens with zero attached hydrogens (tertiary/aromatic N) is 3. The molecule has 142 valence electrons. The number of fused-ring (bicyclic) bond motifs is 2. The predicted molar refractivity (Wildman–Crippen MR) is 101 cm³/mol. The molecular formula is C21H26N4O2. The van der Waals surface area contributed by atoms with Gasteiger partial charge in [0, 0.05) is 43.3 Å². The number of furan rings is 1. The van der Waals surface area contributed by atoms with Gasteiger partial charge in [-0.3, -0.25) is 4.79 Å². The van der Waals surface area contributed by atoms with E-state index in [-0.39, 0.29) is 11.9 Å². The molecule has 1 N–H and O–H groups in total. The summed E-state index contributed by atoms with van der Waals surface area (Å²) in [6.45, 7) is 4.26. The summed E-state index contributed by atoms with van der Waals surface area (Å²) in [5.41, 5.74) is 4.13. The van der Waals surface area contributed by atoms with Crippen LogP contribution < -0.4 is 5.32 Å². The van der Waals surface area contributed by atoms with Crippen molar-refractivity contribution in [2.45, 2.75) is 64.5 Å². The highest BCUT2D eigenvalue weighted by molar-refractivity contribution is 5.97. The van der Waals surface area contributed by atoms with Crippen molar-refractivity contribution < 1.29 is 9.21 Å². The van der Waals surface area contributed by atoms with E-state index in [2.05, 4.69) is 10.3 Å². The molecule has 4 heterocycles. The van der Waals surface area contributed by atoms with Crippen LogP contribution in [0, 0.1) is 6.92 Å². The Bertz CT molecular complexity index is 883. The molecule has 1 amide bonds. The van der Waals surface area contributed by atoms with E-state index in [0.717, 1.165) is 84.8 Å². The van der Waals surface area contributed by atoms with Crippen molar-refractivity contribution in [3.63, 3.8) is 0 Å². The van der Waals surface area contributed by atoms with Crippen LogP contribution in [0.25, 0.3) is 0 Å². The number of amides is 1. The van der Waals surface area contributed by atoms with Gasteiger partial charge in [-0.2, -0.15) is 0 Å². The number of nitrogens with one attached hydrogen (secondary N) is 1. The van der Waals surface area contributed by atoms with Gasteiger partial charge in [0.15, 0.2) is 0 Å². The van der Waals surface area contributed by atoms with E-state index >= 15 is 0 Å². The second kappa shape index (κ2) is 6.75. The lowest BCUT2D eigenvalue weighted by atomic mass is 9.93. The Morgan fingerprint density at radius 1 is 1.26 bits per heavy atom. The molecule has 6 heteroatoms. The Labute approximate surface area is 159 Å². The maximum atomic E-state index is 13.3. The molecule has 0 aromatic carbocycles. The van der Waals surface area contributed by atoms with Crippen molar-refractivity contribution in [2.75, 3.05) is 13.1 Å². The normalized spacial score (nSPS) is 21.8. The molecule has 6 nitrogen and oxygen atoms in total. The van der Waals surface area contributed by atoms with E-state index in [4.69, 9.17) is 9.40 Å². The molecule has 0 unspecified atom stereocenters. The Morgan fingerprint density at radius 2 is 2.15 bits per heavy atom. The summed E-state index contributed by atoms with van der Waals surface area (Å²) < 4.78 is 5.91. The second-order valence-corrected chi connectivity index (χ2v) is 7.97. The summed E-state index contributed by atoms with van der Waals surface area (Å²) >= 11 is 0. The third-order valence-corrected chi connectivity index (χ3v) is 6.17. The molecule has 1 fully saturated rings. The van der Waals surface area contributed by atoms with Gasteiger partial charge in [0.25, 0.3) is 5.91 Å². The van der Waals surface area contributed by atoms with Gasteiger partial charge in [0.2, 0.25) is 0 Å². The minimum Gasteiger partial charge on any atom is -0.465 e. The molecule has 1 aliphatic carbocycles. The molecule has 2 aliphatic heterocycles. The van der Waals surface area contributed by atoms with Crippen LogP contribution in [-0.4, -0.2) is 33.9 Å². The molecule has 0 radical (unpaired) electrons. The minimum atomic E-state index is 0.103. The summed E-state index contributed by atoms with van der Waals surface area (Å²) in [5, 5.41) is 3.46. The molecule has 5 rings (SSSR count). The van der Waals surface area contributed by atoms with Gasteiger partial charge in [-0.25, -0.2) is 9.97 Å². The first-order valence-electron chi connectivity index (χ1n) is 10.2. The first kappa shape index (κ1) is 16.9. The number of hydrogen-bond donors (Lipinski definition) is 1. The van der Waals surface area contributed by atoms with Crippen LogP contribution in [0.2, 0.25) is 0 Å². The van der Waals surface area contributed by atoms with E-state index in [1.54, 1.807) is 0 Å². The molecule has 2 aromatic rings. The molecule has 0 spiro atoms. The van der Waals surface area contributed by atoms with Crippen molar-refractivity contribution in [3.8, 4) is 0 Å². The standard InChI is InChI=1S/C21H26N4O2/c1-13-19(15-5-2-3-7-18(15)27-13)21(26)25-10-8-16-14(12-25)11-23-20(24-16)17-6-4-9-22-17/h11,17,22H,2-10,12H2,1H3/t17-/m1/s1. The first-order valence-corrected chi connectivity index (χ1v) is 10.2. The zero-order valence-electron chi connectivity index (χ0n) is 15.9. The molecule has 3 aliphatic rings. The zero-order valence-corrected chi connectivity index (χ0v) is 15.9. The van der Waals surface area contributed by atoms with Gasteiger partial charge in [-0.15, -0.1) is 0 Å². The third-order valence-electron chi connectivity index (χ3n) is 6.17. The zero-order chi connectivity index (χ0) is 18.4. The highest BCUT2D eigenvalue weighted by atomic mass is 16.3. The number of carbonyl (C=O) groups is 1. The Morgan fingerprint density at radius 3 is 3.00 bits per heavy atom. The van der Waals surface area contributed by atoms with Gasteiger partial charge >= 0.3 is 0 Å². The third kappa shape index (κ3) is 2.96. The number of rotatable bonds is 2. The van der Waals surface area contributed by atoms with Crippen LogP contribution in [0.3, 0.4) is 0 Å². The van der Waals surface area contributed by atoms with Gasteiger partial charge in [0.05, 0.1) is 17.3 Å². The average molecular weight is 366 g/mol. The van der Waals surface area contributed by atoms with Crippen molar-refractivity contribution in [3.05, 3.63) is 45.9 Å². The van der Waals surface area contributed by atoms with Crippen LogP contribution in [0.1, 0.15) is 76.2 Å². The van der Waals surface area contributed by atoms with Gasteiger partial charge in [0.1, 0.15) is 17.3 Å². The number of hydrogen-bond acceptors (Lipinski definition) is 5. The average Bonchev–Trinajstić information content (AvgIpc) is 3.34. The summed E-state index contributed by atoms with van der Waals surface area (Å²) in [5.74, 6) is 2.81. The van der Waals surface area contributed by atoms with Crippen LogP contribution in [0.15, 0.2) is 10.6 Å². The number of aryl methyl sites for hydroxylation is 2. The van der Waals surface area contributed by atoms with Gasteiger partial charge in [-0.1, -0.05) is 0 Å². The molecule has 27 heavy (non-hydrogen) atoms. The Kier molecular flexibility index (Phi) is 4.23. The van der Waals surface area contributed by atoms with Crippen molar-refractivity contribution in [1.29, 1.82) is 0 Å². The summed E-state index contributed by atoms with van der Waals surface area (Å²) in [4.78, 5) is 24.6. The lowest BCUT2D eigenvalue weighted by molar-refractivity contribution is 0.0730. The quantitative estimate of drug-likeness (QED) is 0.885.